The van der Waals surface area contributed by atoms with Crippen molar-refractivity contribution in [2.75, 3.05) is 6.66 Å². The van der Waals surface area contributed by atoms with Crippen LogP contribution in [-0.2, 0) is 24.7 Å². The first-order valence-corrected chi connectivity index (χ1v) is 9.42. The van der Waals surface area contributed by atoms with E-state index in [0.29, 0.717) is 0 Å². The molecule has 0 bridgehead atoms. The Balaban J connectivity index is 2.72. The average molecular weight is 472 g/mol. The molecule has 0 unspecified atom stereocenters. The maximum atomic E-state index is 13.0. The molecule has 0 amide bonds. The molecular weight excluding hydrogens is 463 g/mol. The van der Waals surface area contributed by atoms with Crippen LogP contribution in [-0.4, -0.2) is 6.66 Å². The van der Waals surface area contributed by atoms with Gasteiger partial charge in [0.05, 0.1) is 22.3 Å². The standard InChI is InChI=1S/C17H9F12P/c1-30(12-4-8(14(18,19)20)2-9(5-12)15(21,22)23)13-6-10(16(24,25)26)3-11(7-13)17(27,28)29/h2-7H,1H3. The largest absolute Gasteiger partial charge is 0.416 e. The fraction of sp³-hybridized carbons (Fsp3) is 0.294. The summed E-state index contributed by atoms with van der Waals surface area (Å²) in [6.45, 7) is 0.973. The predicted octanol–water partition coefficient (Wildman–Crippen LogP) is 6.82. The van der Waals surface area contributed by atoms with Gasteiger partial charge >= 0.3 is 24.7 Å². The van der Waals surface area contributed by atoms with Crippen LogP contribution >= 0.6 is 7.92 Å². The first kappa shape index (κ1) is 24.3. The fourth-order valence-corrected chi connectivity index (χ4v) is 4.04. The Bertz CT molecular complexity index is 778. The minimum absolute atomic E-state index is 0.181. The molecule has 2 rings (SSSR count). The molecule has 0 aliphatic carbocycles. The van der Waals surface area contributed by atoms with Gasteiger partial charge in [-0.2, -0.15) is 52.7 Å². The summed E-state index contributed by atoms with van der Waals surface area (Å²) in [5.41, 5.74) is -6.87. The highest BCUT2D eigenvalue weighted by molar-refractivity contribution is 7.72. The molecule has 30 heavy (non-hydrogen) atoms. The molecule has 0 atom stereocenters. The summed E-state index contributed by atoms with van der Waals surface area (Å²) in [6.07, 6.45) is -20.8. The van der Waals surface area contributed by atoms with Gasteiger partial charge in [-0.15, -0.1) is 0 Å². The van der Waals surface area contributed by atoms with E-state index >= 15 is 0 Å². The molecule has 166 valence electrons. The third kappa shape index (κ3) is 5.59. The van der Waals surface area contributed by atoms with Gasteiger partial charge in [-0.05, 0) is 61.6 Å². The number of rotatable bonds is 2. The molecule has 0 spiro atoms. The van der Waals surface area contributed by atoms with E-state index in [4.69, 9.17) is 0 Å². The summed E-state index contributed by atoms with van der Waals surface area (Å²) in [4.78, 5) is 0. The Labute approximate surface area is 162 Å². The monoisotopic (exact) mass is 472 g/mol. The third-order valence-electron chi connectivity index (χ3n) is 3.92. The summed E-state index contributed by atoms with van der Waals surface area (Å²) in [7, 11) is -2.42. The lowest BCUT2D eigenvalue weighted by Crippen LogP contribution is -2.21. The van der Waals surface area contributed by atoms with Crippen LogP contribution in [0.1, 0.15) is 22.3 Å². The van der Waals surface area contributed by atoms with Gasteiger partial charge in [0.25, 0.3) is 0 Å². The third-order valence-corrected chi connectivity index (χ3v) is 5.99. The van der Waals surface area contributed by atoms with Crippen molar-refractivity contribution in [3.8, 4) is 0 Å². The second-order valence-corrected chi connectivity index (χ2v) is 8.24. The molecule has 2 aromatic carbocycles. The number of alkyl halides is 12. The smallest absolute Gasteiger partial charge is 0.166 e. The topological polar surface area (TPSA) is 0 Å². The Morgan fingerprint density at radius 1 is 0.433 bits per heavy atom. The molecule has 0 aromatic heterocycles. The summed E-state index contributed by atoms with van der Waals surface area (Å²) < 4.78 is 156. The first-order valence-electron chi connectivity index (χ1n) is 7.63. The Hall–Kier alpha value is -1.97. The summed E-state index contributed by atoms with van der Waals surface area (Å²) in [5.74, 6) is 0. The van der Waals surface area contributed by atoms with Gasteiger partial charge in [-0.3, -0.25) is 0 Å². The van der Waals surface area contributed by atoms with E-state index < -0.39 is 65.5 Å². The molecule has 0 nitrogen and oxygen atoms in total. The van der Waals surface area contributed by atoms with Crippen molar-refractivity contribution in [3.63, 3.8) is 0 Å². The highest BCUT2D eigenvalue weighted by Gasteiger charge is 2.39. The van der Waals surface area contributed by atoms with E-state index in [1.165, 1.54) is 0 Å². The molecule has 13 heteroatoms. The molecule has 0 radical (unpaired) electrons. The summed E-state index contributed by atoms with van der Waals surface area (Å²) in [6, 6.07) is 0.784. The second kappa shape index (κ2) is 7.62. The van der Waals surface area contributed by atoms with Crippen LogP contribution in [0.25, 0.3) is 0 Å². The van der Waals surface area contributed by atoms with Gasteiger partial charge < -0.3 is 0 Å². The van der Waals surface area contributed by atoms with E-state index in [2.05, 4.69) is 0 Å². The number of halogens is 12. The second-order valence-electron chi connectivity index (χ2n) is 6.09. The van der Waals surface area contributed by atoms with Crippen LogP contribution in [0.4, 0.5) is 52.7 Å². The summed E-state index contributed by atoms with van der Waals surface area (Å²) in [5, 5.41) is -1.36. The Morgan fingerprint density at radius 3 is 0.800 bits per heavy atom. The van der Waals surface area contributed by atoms with Crippen LogP contribution in [0.5, 0.6) is 0 Å². The van der Waals surface area contributed by atoms with Crippen molar-refractivity contribution >= 4 is 18.5 Å². The van der Waals surface area contributed by atoms with Gasteiger partial charge in [0.15, 0.2) is 0 Å². The van der Waals surface area contributed by atoms with Crippen molar-refractivity contribution in [3.05, 3.63) is 58.7 Å². The Morgan fingerprint density at radius 2 is 0.633 bits per heavy atom. The van der Waals surface area contributed by atoms with Crippen molar-refractivity contribution in [2.45, 2.75) is 24.7 Å². The van der Waals surface area contributed by atoms with Crippen molar-refractivity contribution in [1.29, 1.82) is 0 Å². The molecule has 0 N–H and O–H groups in total. The average Bonchev–Trinajstić information content (AvgIpc) is 2.57. The van der Waals surface area contributed by atoms with E-state index in [0.717, 1.165) is 6.66 Å². The predicted molar refractivity (Wildman–Crippen MR) is 85.0 cm³/mol. The van der Waals surface area contributed by atoms with Gasteiger partial charge in [-0.1, -0.05) is 0 Å². The molecule has 0 heterocycles. The molecule has 0 saturated heterocycles. The highest BCUT2D eigenvalue weighted by atomic mass is 31.1. The van der Waals surface area contributed by atoms with Gasteiger partial charge in [0.1, 0.15) is 0 Å². The van der Waals surface area contributed by atoms with Crippen molar-refractivity contribution in [1.82, 2.24) is 0 Å². The minimum atomic E-state index is -5.21. The maximum Gasteiger partial charge on any atom is 0.416 e. The van der Waals surface area contributed by atoms with Crippen LogP contribution in [0.2, 0.25) is 0 Å². The quantitative estimate of drug-likeness (QED) is 0.332. The van der Waals surface area contributed by atoms with Gasteiger partial charge in [0.2, 0.25) is 0 Å². The van der Waals surface area contributed by atoms with Crippen molar-refractivity contribution < 1.29 is 52.7 Å². The molecule has 0 fully saturated rings. The van der Waals surface area contributed by atoms with Crippen LogP contribution in [0.3, 0.4) is 0 Å². The lowest BCUT2D eigenvalue weighted by molar-refractivity contribution is -0.144. The van der Waals surface area contributed by atoms with E-state index in [1.54, 1.807) is 0 Å². The maximum absolute atomic E-state index is 13.0. The molecule has 2 aromatic rings. The highest BCUT2D eigenvalue weighted by Crippen LogP contribution is 2.41. The minimum Gasteiger partial charge on any atom is -0.166 e. The van der Waals surface area contributed by atoms with Crippen LogP contribution in [0.15, 0.2) is 36.4 Å². The van der Waals surface area contributed by atoms with E-state index in [1.807, 2.05) is 0 Å². The number of hydrogen-bond acceptors (Lipinski definition) is 0. The Kier molecular flexibility index (Phi) is 6.17. The lowest BCUT2D eigenvalue weighted by atomic mass is 10.1. The molecular formula is C17H9F12P. The van der Waals surface area contributed by atoms with Gasteiger partial charge in [-0.25, -0.2) is 0 Å². The molecule has 0 aliphatic rings. The van der Waals surface area contributed by atoms with Crippen LogP contribution in [0, 0.1) is 0 Å². The van der Waals surface area contributed by atoms with Crippen LogP contribution < -0.4 is 10.6 Å². The van der Waals surface area contributed by atoms with Crippen molar-refractivity contribution in [2.24, 2.45) is 0 Å². The lowest BCUT2D eigenvalue weighted by Gasteiger charge is -2.21. The van der Waals surface area contributed by atoms with E-state index in [-0.39, 0.29) is 36.4 Å². The SMILES string of the molecule is CP(c1cc(C(F)(F)F)cc(C(F)(F)F)c1)c1cc(C(F)(F)F)cc(C(F)(F)F)c1. The van der Waals surface area contributed by atoms with Gasteiger partial charge in [0, 0.05) is 0 Å². The first-order chi connectivity index (χ1) is 13.3. The zero-order valence-corrected chi connectivity index (χ0v) is 15.3. The molecule has 0 aliphatic heterocycles. The normalized spacial score (nSPS) is 13.8. The number of hydrogen-bond donors (Lipinski definition) is 0. The summed E-state index contributed by atoms with van der Waals surface area (Å²) >= 11 is 0. The zero-order valence-electron chi connectivity index (χ0n) is 14.4. The zero-order chi connectivity index (χ0) is 23.3. The fourth-order valence-electron chi connectivity index (χ4n) is 2.41. The number of benzene rings is 2. The van der Waals surface area contributed by atoms with E-state index in [9.17, 15) is 52.7 Å². The molecule has 0 saturated carbocycles.